The number of hydrogen-bond donors (Lipinski definition) is 1. The molecule has 0 bridgehead atoms. The first-order valence-corrected chi connectivity index (χ1v) is 8.48. The van der Waals surface area contributed by atoms with Gasteiger partial charge in [0.15, 0.2) is 18.1 Å². The predicted octanol–water partition coefficient (Wildman–Crippen LogP) is 2.03. The number of benzene rings is 2. The van der Waals surface area contributed by atoms with Crippen LogP contribution < -0.4 is 14.8 Å². The maximum Gasteiger partial charge on any atom is 0.586 e. The Kier molecular flexibility index (Phi) is 4.37. The minimum Gasteiger partial charge on any atom is -0.452 e. The van der Waals surface area contributed by atoms with Crippen LogP contribution in [0, 0.1) is 0 Å². The van der Waals surface area contributed by atoms with Gasteiger partial charge in [0.1, 0.15) is 0 Å². The fourth-order valence-corrected chi connectivity index (χ4v) is 2.93. The Balaban J connectivity index is 1.37. The molecule has 2 aromatic carbocycles. The zero-order chi connectivity index (χ0) is 21.6. The fourth-order valence-electron chi connectivity index (χ4n) is 2.93. The third-order valence-corrected chi connectivity index (χ3v) is 4.34. The number of halogens is 2. The van der Waals surface area contributed by atoms with Crippen LogP contribution in [-0.2, 0) is 9.53 Å². The maximum absolute atomic E-state index is 13.0. The number of hydrogen-bond acceptors (Lipinski definition) is 7. The van der Waals surface area contributed by atoms with Crippen LogP contribution in [0.1, 0.15) is 31.1 Å². The van der Waals surface area contributed by atoms with Crippen LogP contribution in [0.4, 0.5) is 14.5 Å². The Hall–Kier alpha value is -4.02. The van der Waals surface area contributed by atoms with E-state index in [1.54, 1.807) is 0 Å². The lowest BCUT2D eigenvalue weighted by atomic mass is 10.1. The van der Waals surface area contributed by atoms with Gasteiger partial charge in [-0.15, -0.1) is 8.78 Å². The minimum absolute atomic E-state index is 0.0108. The van der Waals surface area contributed by atoms with E-state index in [0.717, 1.165) is 11.0 Å². The normalized spacial score (nSPS) is 15.8. The van der Waals surface area contributed by atoms with Gasteiger partial charge in [-0.05, 0) is 30.3 Å². The molecule has 0 saturated carbocycles. The molecule has 2 aliphatic rings. The average Bonchev–Trinajstić information content (AvgIpc) is 3.12. The van der Waals surface area contributed by atoms with Gasteiger partial charge in [-0.1, -0.05) is 0 Å². The van der Waals surface area contributed by atoms with Crippen LogP contribution in [0.25, 0.3) is 0 Å². The van der Waals surface area contributed by atoms with Gasteiger partial charge in [0, 0.05) is 18.8 Å². The van der Waals surface area contributed by atoms with E-state index >= 15 is 0 Å². The third-order valence-electron chi connectivity index (χ3n) is 4.34. The molecule has 154 valence electrons. The van der Waals surface area contributed by atoms with Crippen LogP contribution in [0.5, 0.6) is 11.5 Å². The summed E-state index contributed by atoms with van der Waals surface area (Å²) < 4.78 is 39.5. The number of carbonyl (C=O) groups excluding carboxylic acids is 4. The average molecular weight is 418 g/mol. The summed E-state index contributed by atoms with van der Waals surface area (Å²) in [6.45, 7) is -0.673. The summed E-state index contributed by atoms with van der Waals surface area (Å²) in [5.41, 5.74) is 0.354. The first-order chi connectivity index (χ1) is 14.1. The fraction of sp³-hybridized carbons (Fsp3) is 0.158. The number of ether oxygens (including phenoxy) is 3. The predicted molar refractivity (Wildman–Crippen MR) is 94.4 cm³/mol. The molecule has 4 rings (SSSR count). The Morgan fingerprint density at radius 3 is 2.50 bits per heavy atom. The van der Waals surface area contributed by atoms with Gasteiger partial charge in [-0.2, -0.15) is 0 Å². The summed E-state index contributed by atoms with van der Waals surface area (Å²) in [7, 11) is 1.32. The summed E-state index contributed by atoms with van der Waals surface area (Å²) in [4.78, 5) is 48.9. The lowest BCUT2D eigenvalue weighted by molar-refractivity contribution is -0.286. The third kappa shape index (κ3) is 3.41. The zero-order valence-electron chi connectivity index (χ0n) is 15.2. The van der Waals surface area contributed by atoms with Crippen molar-refractivity contribution in [2.24, 2.45) is 0 Å². The van der Waals surface area contributed by atoms with E-state index in [2.05, 4.69) is 14.8 Å². The molecular formula is C19H12F2N2O7. The van der Waals surface area contributed by atoms with Gasteiger partial charge in [0.2, 0.25) is 0 Å². The number of fused-ring (bicyclic) bond motifs is 2. The van der Waals surface area contributed by atoms with Gasteiger partial charge in [0.05, 0.1) is 16.7 Å². The van der Waals surface area contributed by atoms with E-state index in [4.69, 9.17) is 4.74 Å². The van der Waals surface area contributed by atoms with E-state index in [-0.39, 0.29) is 33.9 Å². The number of anilines is 1. The van der Waals surface area contributed by atoms with Crippen molar-refractivity contribution < 1.29 is 42.2 Å². The van der Waals surface area contributed by atoms with Gasteiger partial charge in [0.25, 0.3) is 17.7 Å². The van der Waals surface area contributed by atoms with Crippen LogP contribution in [0.2, 0.25) is 0 Å². The van der Waals surface area contributed by atoms with Crippen LogP contribution in [0.15, 0.2) is 36.4 Å². The number of carbonyl (C=O) groups is 4. The van der Waals surface area contributed by atoms with Crippen molar-refractivity contribution in [3.8, 4) is 11.5 Å². The quantitative estimate of drug-likeness (QED) is 0.597. The molecule has 9 nitrogen and oxygen atoms in total. The number of rotatable bonds is 4. The Bertz CT molecular complexity index is 1120. The lowest BCUT2D eigenvalue weighted by Crippen LogP contribution is -2.25. The minimum atomic E-state index is -3.78. The molecule has 3 amide bonds. The highest BCUT2D eigenvalue weighted by atomic mass is 19.3. The Labute approximate surface area is 167 Å². The van der Waals surface area contributed by atoms with Crippen molar-refractivity contribution in [3.05, 3.63) is 53.1 Å². The molecule has 0 fully saturated rings. The molecule has 2 aromatic rings. The zero-order valence-corrected chi connectivity index (χ0v) is 15.2. The number of alkyl halides is 2. The molecule has 1 N–H and O–H groups in total. The standard InChI is InChI=1S/C19H12F2N2O7/c1-23-16(25)11-4-2-9(6-12(11)17(23)26)18(27)28-8-15(24)22-10-3-5-13-14(7-10)30-19(20,21)29-13/h2-7H,8H2,1H3,(H,22,24). The molecule has 0 aromatic heterocycles. The van der Waals surface area contributed by atoms with Crippen molar-refractivity contribution >= 4 is 29.4 Å². The van der Waals surface area contributed by atoms with E-state index in [1.165, 1.54) is 37.4 Å². The molecule has 11 heteroatoms. The van der Waals surface area contributed by atoms with Crippen LogP contribution >= 0.6 is 0 Å². The Morgan fingerprint density at radius 2 is 1.73 bits per heavy atom. The summed E-state index contributed by atoms with van der Waals surface area (Å²) >= 11 is 0. The maximum atomic E-state index is 13.0. The highest BCUT2D eigenvalue weighted by Gasteiger charge is 2.43. The summed E-state index contributed by atoms with van der Waals surface area (Å²) in [6, 6.07) is 7.49. The first kappa shape index (κ1) is 19.3. The Morgan fingerprint density at radius 1 is 1.03 bits per heavy atom. The van der Waals surface area contributed by atoms with Crippen molar-refractivity contribution in [2.75, 3.05) is 19.0 Å². The second-order valence-electron chi connectivity index (χ2n) is 6.38. The molecule has 0 radical (unpaired) electrons. The molecule has 2 heterocycles. The second kappa shape index (κ2) is 6.79. The highest BCUT2D eigenvalue weighted by Crippen LogP contribution is 2.42. The van der Waals surface area contributed by atoms with Gasteiger partial charge in [-0.25, -0.2) is 4.79 Å². The highest BCUT2D eigenvalue weighted by molar-refractivity contribution is 6.21. The number of amides is 3. The first-order valence-electron chi connectivity index (χ1n) is 8.48. The molecule has 0 saturated heterocycles. The van der Waals surface area contributed by atoms with Crippen molar-refractivity contribution in [2.45, 2.75) is 6.29 Å². The molecule has 30 heavy (non-hydrogen) atoms. The smallest absolute Gasteiger partial charge is 0.452 e. The topological polar surface area (TPSA) is 111 Å². The second-order valence-corrected chi connectivity index (χ2v) is 6.38. The number of esters is 1. The number of nitrogens with zero attached hydrogens (tertiary/aromatic N) is 1. The largest absolute Gasteiger partial charge is 0.586 e. The summed E-state index contributed by atoms with van der Waals surface area (Å²) in [6.07, 6.45) is -3.78. The van der Waals surface area contributed by atoms with Gasteiger partial charge < -0.3 is 19.5 Å². The molecule has 0 spiro atoms. The van der Waals surface area contributed by atoms with Crippen LogP contribution in [-0.4, -0.2) is 48.5 Å². The molecular weight excluding hydrogens is 406 g/mol. The van der Waals surface area contributed by atoms with E-state index in [9.17, 15) is 28.0 Å². The van der Waals surface area contributed by atoms with Gasteiger partial charge >= 0.3 is 12.3 Å². The molecule has 0 unspecified atom stereocenters. The van der Waals surface area contributed by atoms with Gasteiger partial charge in [-0.3, -0.25) is 19.3 Å². The van der Waals surface area contributed by atoms with E-state index in [1.807, 2.05) is 0 Å². The lowest BCUT2D eigenvalue weighted by Gasteiger charge is -2.08. The monoisotopic (exact) mass is 418 g/mol. The van der Waals surface area contributed by atoms with Crippen LogP contribution in [0.3, 0.4) is 0 Å². The number of imide groups is 1. The molecule has 2 aliphatic heterocycles. The molecule has 0 aliphatic carbocycles. The van der Waals surface area contributed by atoms with Crippen molar-refractivity contribution in [1.82, 2.24) is 4.90 Å². The van der Waals surface area contributed by atoms with Crippen molar-refractivity contribution in [3.63, 3.8) is 0 Å². The van der Waals surface area contributed by atoms with E-state index in [0.29, 0.717) is 0 Å². The van der Waals surface area contributed by atoms with Crippen molar-refractivity contribution in [1.29, 1.82) is 0 Å². The SMILES string of the molecule is CN1C(=O)c2ccc(C(=O)OCC(=O)Nc3ccc4c(c3)OC(F)(F)O4)cc2C1=O. The summed E-state index contributed by atoms with van der Waals surface area (Å²) in [5, 5.41) is 2.36. The van der Waals surface area contributed by atoms with E-state index < -0.39 is 36.6 Å². The summed E-state index contributed by atoms with van der Waals surface area (Å²) in [5.74, 6) is -3.07. The molecule has 0 atom stereocenters. The number of nitrogens with one attached hydrogen (secondary N) is 1.